The lowest BCUT2D eigenvalue weighted by Gasteiger charge is -2.34. The molecular weight excluding hydrogens is 348 g/mol. The zero-order chi connectivity index (χ0) is 19.6. The van der Waals surface area contributed by atoms with Crippen LogP contribution in [0, 0.1) is 11.8 Å². The van der Waals surface area contributed by atoms with Crippen molar-refractivity contribution in [3.05, 3.63) is 23.9 Å². The van der Waals surface area contributed by atoms with Crippen LogP contribution in [0.25, 0.3) is 0 Å². The summed E-state index contributed by atoms with van der Waals surface area (Å²) in [6, 6.07) is 0. The summed E-state index contributed by atoms with van der Waals surface area (Å²) in [7, 11) is 1.70. The minimum atomic E-state index is -0.684. The van der Waals surface area contributed by atoms with Gasteiger partial charge in [0, 0.05) is 19.0 Å². The predicted octanol–water partition coefficient (Wildman–Crippen LogP) is 1.17. The highest BCUT2D eigenvalue weighted by Gasteiger charge is 2.68. The average molecular weight is 374 g/mol. The molecule has 27 heavy (non-hydrogen) atoms. The summed E-state index contributed by atoms with van der Waals surface area (Å²) in [6.45, 7) is 8.65. The maximum Gasteiger partial charge on any atom is 0.246 e. The Morgan fingerprint density at radius 3 is 2.81 bits per heavy atom. The zero-order valence-corrected chi connectivity index (χ0v) is 16.4. The highest BCUT2D eigenvalue weighted by molar-refractivity contribution is 5.93. The lowest BCUT2D eigenvalue weighted by Crippen LogP contribution is -2.47. The fourth-order valence-electron chi connectivity index (χ4n) is 4.38. The van der Waals surface area contributed by atoms with E-state index in [1.165, 1.54) is 0 Å². The van der Waals surface area contributed by atoms with Crippen molar-refractivity contribution >= 4 is 11.8 Å². The third-order valence-electron chi connectivity index (χ3n) is 5.77. The first-order chi connectivity index (χ1) is 12.7. The van der Waals surface area contributed by atoms with Crippen molar-refractivity contribution in [1.29, 1.82) is 0 Å². The van der Waals surface area contributed by atoms with Crippen LogP contribution in [0.2, 0.25) is 0 Å². The van der Waals surface area contributed by atoms with Crippen LogP contribution >= 0.6 is 0 Å². The summed E-state index contributed by atoms with van der Waals surface area (Å²) in [5, 5.41) is 3.86. The molecule has 3 aliphatic rings. The molecule has 2 amide bonds. The molecule has 2 saturated heterocycles. The van der Waals surface area contributed by atoms with Crippen molar-refractivity contribution in [3.8, 4) is 0 Å². The number of amides is 2. The highest BCUT2D eigenvalue weighted by atomic mass is 16.5. The molecule has 1 aromatic rings. The largest absolute Gasteiger partial charge is 0.360 e. The molecule has 1 spiro atoms. The third-order valence-corrected chi connectivity index (χ3v) is 5.77. The minimum Gasteiger partial charge on any atom is -0.360 e. The SMILES string of the molecule is CCc1noc(CN(C)C(=O)C2C3C(=O)N(C(C)(C)C)C[C@]34C=C[C@H]2O4)n1. The van der Waals surface area contributed by atoms with Gasteiger partial charge in [0.05, 0.1) is 31.0 Å². The Morgan fingerprint density at radius 2 is 2.19 bits per heavy atom. The molecule has 8 heteroatoms. The number of carbonyl (C=O) groups excluding carboxylic acids is 2. The molecule has 4 rings (SSSR count). The Labute approximate surface area is 158 Å². The predicted molar refractivity (Wildman–Crippen MR) is 95.3 cm³/mol. The van der Waals surface area contributed by atoms with Crippen LogP contribution in [0.4, 0.5) is 0 Å². The summed E-state index contributed by atoms with van der Waals surface area (Å²) in [6.07, 6.45) is 4.21. The zero-order valence-electron chi connectivity index (χ0n) is 16.4. The normalized spacial score (nSPS) is 31.7. The number of hydrogen-bond donors (Lipinski definition) is 0. The van der Waals surface area contributed by atoms with E-state index in [9.17, 15) is 9.59 Å². The third kappa shape index (κ3) is 2.69. The summed E-state index contributed by atoms with van der Waals surface area (Å²) in [5.41, 5.74) is -0.999. The van der Waals surface area contributed by atoms with Gasteiger partial charge in [-0.3, -0.25) is 9.59 Å². The van der Waals surface area contributed by atoms with Gasteiger partial charge in [-0.25, -0.2) is 0 Å². The lowest BCUT2D eigenvalue weighted by atomic mass is 9.76. The molecule has 0 N–H and O–H groups in total. The van der Waals surface area contributed by atoms with Crippen LogP contribution in [-0.2, 0) is 27.3 Å². The first kappa shape index (κ1) is 18.2. The van der Waals surface area contributed by atoms with Gasteiger partial charge in [0.15, 0.2) is 5.82 Å². The van der Waals surface area contributed by atoms with Crippen molar-refractivity contribution < 1.29 is 18.8 Å². The Balaban J connectivity index is 1.56. The fourth-order valence-corrected chi connectivity index (χ4v) is 4.38. The summed E-state index contributed by atoms with van der Waals surface area (Å²) < 4.78 is 11.4. The number of rotatable bonds is 4. The summed E-state index contributed by atoms with van der Waals surface area (Å²) >= 11 is 0. The molecule has 8 nitrogen and oxygen atoms in total. The van der Waals surface area contributed by atoms with E-state index in [-0.39, 0.29) is 30.0 Å². The molecule has 146 valence electrons. The van der Waals surface area contributed by atoms with Crippen molar-refractivity contribution in [3.63, 3.8) is 0 Å². The number of nitrogens with zero attached hydrogens (tertiary/aromatic N) is 4. The van der Waals surface area contributed by atoms with Gasteiger partial charge in [-0.1, -0.05) is 24.2 Å². The second-order valence-corrected chi connectivity index (χ2v) is 8.65. The molecule has 0 aliphatic carbocycles. The molecule has 4 heterocycles. The fraction of sp³-hybridized carbons (Fsp3) is 0.684. The maximum atomic E-state index is 13.2. The van der Waals surface area contributed by atoms with Crippen molar-refractivity contribution in [1.82, 2.24) is 19.9 Å². The van der Waals surface area contributed by atoms with Crippen LogP contribution in [0.1, 0.15) is 39.4 Å². The van der Waals surface area contributed by atoms with Gasteiger partial charge >= 0.3 is 0 Å². The number of likely N-dealkylation sites (tertiary alicyclic amines) is 1. The first-order valence-corrected chi connectivity index (χ1v) is 9.41. The van der Waals surface area contributed by atoms with Crippen molar-refractivity contribution in [2.45, 2.75) is 57.9 Å². The van der Waals surface area contributed by atoms with E-state index < -0.39 is 17.4 Å². The Morgan fingerprint density at radius 1 is 1.44 bits per heavy atom. The molecule has 2 bridgehead atoms. The number of aryl methyl sites for hydroxylation is 1. The second kappa shape index (κ2) is 5.89. The maximum absolute atomic E-state index is 13.2. The van der Waals surface area contributed by atoms with E-state index in [2.05, 4.69) is 10.1 Å². The monoisotopic (exact) mass is 374 g/mol. The smallest absolute Gasteiger partial charge is 0.246 e. The quantitative estimate of drug-likeness (QED) is 0.735. The van der Waals surface area contributed by atoms with Gasteiger partial charge in [-0.2, -0.15) is 4.98 Å². The van der Waals surface area contributed by atoms with Crippen molar-refractivity contribution in [2.75, 3.05) is 13.6 Å². The van der Waals surface area contributed by atoms with Gasteiger partial charge < -0.3 is 19.1 Å². The molecule has 1 aromatic heterocycles. The topological polar surface area (TPSA) is 88.8 Å². The summed E-state index contributed by atoms with van der Waals surface area (Å²) in [4.78, 5) is 34.0. The van der Waals surface area contributed by atoms with Crippen LogP contribution in [0.5, 0.6) is 0 Å². The van der Waals surface area contributed by atoms with E-state index in [1.54, 1.807) is 11.9 Å². The number of carbonyl (C=O) groups is 2. The molecule has 0 radical (unpaired) electrons. The van der Waals surface area contributed by atoms with Gasteiger partial charge in [-0.15, -0.1) is 0 Å². The number of ether oxygens (including phenoxy) is 1. The van der Waals surface area contributed by atoms with Crippen LogP contribution in [-0.4, -0.2) is 62.6 Å². The Kier molecular flexibility index (Phi) is 3.96. The molecule has 0 aromatic carbocycles. The molecule has 0 saturated carbocycles. The number of hydrogen-bond acceptors (Lipinski definition) is 6. The van der Waals surface area contributed by atoms with Crippen LogP contribution in [0.3, 0.4) is 0 Å². The van der Waals surface area contributed by atoms with E-state index in [4.69, 9.17) is 9.26 Å². The molecule has 2 fully saturated rings. The Hall–Kier alpha value is -2.22. The van der Waals surface area contributed by atoms with Crippen LogP contribution < -0.4 is 0 Å². The van der Waals surface area contributed by atoms with Gasteiger partial charge in [0.2, 0.25) is 17.7 Å². The Bertz CT molecular complexity index is 811. The standard InChI is InChI=1S/C19H26N4O4/c1-6-12-20-13(27-21-12)9-22(5)16(24)14-11-7-8-19(26-11)10-23(18(2,3)4)17(25)15(14)19/h7-8,11,14-15H,6,9-10H2,1-5H3/t11-,14?,15?,19-/m1/s1. The van der Waals surface area contributed by atoms with E-state index in [0.29, 0.717) is 24.7 Å². The first-order valence-electron chi connectivity index (χ1n) is 9.41. The number of fused-ring (bicyclic) bond motifs is 1. The van der Waals surface area contributed by atoms with Gasteiger partial charge in [-0.05, 0) is 20.8 Å². The molecule has 4 atom stereocenters. The molecule has 2 unspecified atom stereocenters. The van der Waals surface area contributed by atoms with E-state index in [0.717, 1.165) is 0 Å². The summed E-state index contributed by atoms with van der Waals surface area (Å²) in [5.74, 6) is -0.124. The van der Waals surface area contributed by atoms with E-state index in [1.807, 2.05) is 44.7 Å². The molecule has 3 aliphatic heterocycles. The van der Waals surface area contributed by atoms with Gasteiger partial charge in [0.25, 0.3) is 0 Å². The van der Waals surface area contributed by atoms with Crippen molar-refractivity contribution in [2.24, 2.45) is 11.8 Å². The lowest BCUT2D eigenvalue weighted by molar-refractivity contribution is -0.144. The minimum absolute atomic E-state index is 0.00726. The van der Waals surface area contributed by atoms with Gasteiger partial charge in [0.1, 0.15) is 5.60 Å². The van der Waals surface area contributed by atoms with Crippen LogP contribution in [0.15, 0.2) is 16.7 Å². The number of aromatic nitrogens is 2. The average Bonchev–Trinajstić information content (AvgIpc) is 3.34. The second-order valence-electron chi connectivity index (χ2n) is 8.65. The van der Waals surface area contributed by atoms with E-state index >= 15 is 0 Å². The highest BCUT2D eigenvalue weighted by Crippen LogP contribution is 2.53. The molecular formula is C19H26N4O4.